The van der Waals surface area contributed by atoms with E-state index in [1.807, 2.05) is 24.3 Å². The number of hydrogen-bond acceptors (Lipinski definition) is 10. The third-order valence-electron chi connectivity index (χ3n) is 9.08. The zero-order valence-electron chi connectivity index (χ0n) is 34.7. The SMILES string of the molecule is CNC(=O)C(NC(=O)C(C)NC(=O)C(Cc1c[nH]c2ccccc12)NC(=O)C(CCC(N)=O)NC(=O)CCCCCNC(=S)N/N=C(C)/C(C)=N/NC(=S)NC)C(C)C. The van der Waals surface area contributed by atoms with Crippen LogP contribution in [0.25, 0.3) is 10.9 Å². The maximum atomic E-state index is 13.8. The fourth-order valence-electron chi connectivity index (χ4n) is 5.49. The molecule has 4 atom stereocenters. The normalized spacial score (nSPS) is 13.6. The van der Waals surface area contributed by atoms with Crippen molar-refractivity contribution in [2.45, 2.75) is 104 Å². The van der Waals surface area contributed by atoms with Crippen molar-refractivity contribution in [3.05, 3.63) is 36.0 Å². The van der Waals surface area contributed by atoms with Crippen LogP contribution in [0.4, 0.5) is 0 Å². The number of para-hydroxylation sites is 1. The Morgan fingerprint density at radius 2 is 1.39 bits per heavy atom. The molecule has 0 saturated carbocycles. The lowest BCUT2D eigenvalue weighted by Gasteiger charge is -2.26. The van der Waals surface area contributed by atoms with Gasteiger partial charge in [-0.3, -0.25) is 39.6 Å². The molecule has 0 saturated heterocycles. The minimum Gasteiger partial charge on any atom is -0.370 e. The summed E-state index contributed by atoms with van der Waals surface area (Å²) in [7, 11) is 3.14. The number of primary amides is 1. The predicted molar refractivity (Wildman–Crippen MR) is 236 cm³/mol. The minimum atomic E-state index is -1.20. The van der Waals surface area contributed by atoms with Gasteiger partial charge in [-0.1, -0.05) is 38.5 Å². The van der Waals surface area contributed by atoms with Crippen molar-refractivity contribution < 1.29 is 28.8 Å². The molecule has 0 aliphatic rings. The van der Waals surface area contributed by atoms with E-state index in [9.17, 15) is 28.8 Å². The van der Waals surface area contributed by atoms with Gasteiger partial charge in [-0.15, -0.1) is 0 Å². The maximum Gasteiger partial charge on any atom is 0.243 e. The van der Waals surface area contributed by atoms with Gasteiger partial charge < -0.3 is 47.9 Å². The van der Waals surface area contributed by atoms with E-state index in [2.05, 4.69) is 63.3 Å². The van der Waals surface area contributed by atoms with Gasteiger partial charge in [-0.05, 0) is 82.0 Å². The van der Waals surface area contributed by atoms with E-state index < -0.39 is 53.7 Å². The fourth-order valence-corrected chi connectivity index (χ4v) is 5.68. The summed E-state index contributed by atoms with van der Waals surface area (Å²) < 4.78 is 0. The Balaban J connectivity index is 2.05. The number of unbranched alkanes of at least 4 members (excludes halogenated alkanes) is 2. The molecule has 12 N–H and O–H groups in total. The highest BCUT2D eigenvalue weighted by Crippen LogP contribution is 2.19. The number of amides is 6. The molecule has 2 aromatic rings. The van der Waals surface area contributed by atoms with Crippen molar-refractivity contribution >= 4 is 92.4 Å². The van der Waals surface area contributed by atoms with Crippen LogP contribution >= 0.6 is 24.4 Å². The quantitative estimate of drug-likeness (QED) is 0.0310. The number of aromatic nitrogens is 1. The number of thiocarbonyl (C=S) groups is 2. The van der Waals surface area contributed by atoms with Crippen molar-refractivity contribution in [2.24, 2.45) is 21.9 Å². The molecular formula is C38H59N13O6S2. The van der Waals surface area contributed by atoms with Crippen LogP contribution in [0.3, 0.4) is 0 Å². The molecule has 21 heteroatoms. The summed E-state index contributed by atoms with van der Waals surface area (Å²) in [4.78, 5) is 81.0. The van der Waals surface area contributed by atoms with Crippen molar-refractivity contribution in [1.82, 2.24) is 53.1 Å². The summed E-state index contributed by atoms with van der Waals surface area (Å²) >= 11 is 10.3. The topological polar surface area (TPSA) is 277 Å². The number of H-pyrrole nitrogens is 1. The fraction of sp³-hybridized carbons (Fsp3) is 0.526. The van der Waals surface area contributed by atoms with E-state index in [4.69, 9.17) is 30.2 Å². The Labute approximate surface area is 355 Å². The van der Waals surface area contributed by atoms with E-state index in [0.29, 0.717) is 53.0 Å². The van der Waals surface area contributed by atoms with Crippen molar-refractivity contribution in [2.75, 3.05) is 20.6 Å². The van der Waals surface area contributed by atoms with Gasteiger partial charge in [0.05, 0.1) is 11.4 Å². The molecule has 4 unspecified atom stereocenters. The molecule has 324 valence electrons. The molecule has 0 fully saturated rings. The number of hydrazone groups is 2. The van der Waals surface area contributed by atoms with Crippen molar-refractivity contribution in [1.29, 1.82) is 0 Å². The predicted octanol–water partition coefficient (Wildman–Crippen LogP) is 0.207. The van der Waals surface area contributed by atoms with E-state index in [1.54, 1.807) is 40.9 Å². The Morgan fingerprint density at radius 3 is 2.02 bits per heavy atom. The monoisotopic (exact) mass is 857 g/mol. The second-order valence-electron chi connectivity index (χ2n) is 14.1. The summed E-state index contributed by atoms with van der Waals surface area (Å²) in [6.45, 7) is 9.06. The van der Waals surface area contributed by atoms with Gasteiger partial charge in [-0.25, -0.2) is 0 Å². The van der Waals surface area contributed by atoms with E-state index >= 15 is 0 Å². The Kier molecular flexibility index (Phi) is 21.5. The number of nitrogens with one attached hydrogen (secondary N) is 10. The molecule has 59 heavy (non-hydrogen) atoms. The number of nitrogens with zero attached hydrogens (tertiary/aromatic N) is 2. The molecule has 1 aromatic carbocycles. The molecule has 2 rings (SSSR count). The van der Waals surface area contributed by atoms with Gasteiger partial charge in [0.2, 0.25) is 35.4 Å². The highest BCUT2D eigenvalue weighted by molar-refractivity contribution is 7.80. The summed E-state index contributed by atoms with van der Waals surface area (Å²) in [5.74, 6) is -3.69. The number of fused-ring (bicyclic) bond motifs is 1. The molecule has 0 bridgehead atoms. The average Bonchev–Trinajstić information content (AvgIpc) is 3.61. The van der Waals surface area contributed by atoms with Crippen LogP contribution in [0, 0.1) is 5.92 Å². The molecule has 6 amide bonds. The van der Waals surface area contributed by atoms with Crippen LogP contribution in [-0.2, 0) is 35.2 Å². The zero-order chi connectivity index (χ0) is 44.1. The zero-order valence-corrected chi connectivity index (χ0v) is 36.3. The van der Waals surface area contributed by atoms with Gasteiger partial charge >= 0.3 is 0 Å². The van der Waals surface area contributed by atoms with E-state index in [0.717, 1.165) is 10.9 Å². The lowest BCUT2D eigenvalue weighted by Crippen LogP contribution is -2.58. The van der Waals surface area contributed by atoms with Crippen LogP contribution in [0.2, 0.25) is 0 Å². The smallest absolute Gasteiger partial charge is 0.243 e. The average molecular weight is 858 g/mol. The summed E-state index contributed by atoms with van der Waals surface area (Å²) in [5.41, 5.74) is 13.6. The van der Waals surface area contributed by atoms with Gasteiger partial charge in [0.25, 0.3) is 0 Å². The van der Waals surface area contributed by atoms with Crippen molar-refractivity contribution in [3.8, 4) is 0 Å². The maximum absolute atomic E-state index is 13.8. The first-order valence-corrected chi connectivity index (χ1v) is 20.1. The number of aromatic amines is 1. The van der Waals surface area contributed by atoms with Crippen LogP contribution in [-0.4, -0.2) is 107 Å². The Bertz CT molecular complexity index is 1870. The third kappa shape index (κ3) is 17.8. The van der Waals surface area contributed by atoms with E-state index in [1.165, 1.54) is 14.0 Å². The van der Waals surface area contributed by atoms with Crippen LogP contribution in [0.1, 0.15) is 78.7 Å². The summed E-state index contributed by atoms with van der Waals surface area (Å²) in [6.07, 6.45) is 3.37. The molecular weight excluding hydrogens is 799 g/mol. The molecule has 0 spiro atoms. The lowest BCUT2D eigenvalue weighted by atomic mass is 10.0. The molecule has 0 radical (unpaired) electrons. The number of benzene rings is 1. The number of rotatable bonds is 23. The number of carbonyl (C=O) groups excluding carboxylic acids is 6. The molecule has 0 aliphatic heterocycles. The number of likely N-dealkylation sites (N-methyl/N-ethyl adjacent to an activating group) is 1. The molecule has 0 aliphatic carbocycles. The van der Waals surface area contributed by atoms with E-state index in [-0.39, 0.29) is 37.5 Å². The van der Waals surface area contributed by atoms with Gasteiger partial charge in [0.15, 0.2) is 10.2 Å². The lowest BCUT2D eigenvalue weighted by molar-refractivity contribution is -0.134. The first-order valence-electron chi connectivity index (χ1n) is 19.3. The third-order valence-corrected chi connectivity index (χ3v) is 9.61. The second kappa shape index (κ2) is 25.6. The van der Waals surface area contributed by atoms with Crippen LogP contribution < -0.4 is 53.8 Å². The number of nitrogens with two attached hydrogens (primary N) is 1. The van der Waals surface area contributed by atoms with Gasteiger partial charge in [-0.2, -0.15) is 10.2 Å². The minimum absolute atomic E-state index is 0.0235. The summed E-state index contributed by atoms with van der Waals surface area (Å²) in [6, 6.07) is 3.12. The number of carbonyl (C=O) groups is 6. The standard InChI is InChI=1S/C38H59N13O6S2/c1-21(2)32(36(57)40-6)47-33(54)24(5)44-35(56)29(19-25-20-43-27-14-11-10-13-26(25)27)46-34(55)28(16-17-30(39)52)45-31(53)15-9-8-12-18-42-38(59)51-49-23(4)22(3)48-50-37(58)41-7/h10-11,13-14,20-21,24,28-29,32,43H,8-9,12,15-19H2,1-7H3,(H2,39,52)(H,40,57)(H,44,56)(H,45,53)(H,46,55)(H,47,54)(H2,41,50,58)(H2,42,51,59)/b48-22+,49-23+. The highest BCUT2D eigenvalue weighted by atomic mass is 32.1. The van der Waals surface area contributed by atoms with Gasteiger partial charge in [0, 0.05) is 57.0 Å². The van der Waals surface area contributed by atoms with Crippen molar-refractivity contribution in [3.63, 3.8) is 0 Å². The Morgan fingerprint density at radius 1 is 0.746 bits per heavy atom. The molecule has 1 aromatic heterocycles. The van der Waals surface area contributed by atoms with Crippen LogP contribution in [0.5, 0.6) is 0 Å². The summed E-state index contributed by atoms with van der Waals surface area (Å²) in [5, 5.41) is 28.9. The second-order valence-corrected chi connectivity index (χ2v) is 14.9. The number of hydrogen-bond donors (Lipinski definition) is 11. The molecule has 1 heterocycles. The first kappa shape index (κ1) is 49.4. The van der Waals surface area contributed by atoms with Gasteiger partial charge in [0.1, 0.15) is 24.2 Å². The first-order chi connectivity index (χ1) is 28.0. The van der Waals surface area contributed by atoms with Crippen LogP contribution in [0.15, 0.2) is 40.7 Å². The molecule has 19 nitrogen and oxygen atoms in total. The Hall–Kier alpha value is -5.70. The largest absolute Gasteiger partial charge is 0.370 e. The highest BCUT2D eigenvalue weighted by Gasteiger charge is 2.31.